The van der Waals surface area contributed by atoms with Crippen molar-refractivity contribution in [1.82, 2.24) is 20.4 Å². The molecule has 0 atom stereocenters. The van der Waals surface area contributed by atoms with Gasteiger partial charge in [-0.25, -0.2) is 4.98 Å². The van der Waals surface area contributed by atoms with Crippen LogP contribution in [-0.4, -0.2) is 35.3 Å². The largest absolute Gasteiger partial charge is 0.493 e. The second-order valence-corrected chi connectivity index (χ2v) is 8.20. The van der Waals surface area contributed by atoms with Gasteiger partial charge < -0.3 is 19.3 Å². The van der Waals surface area contributed by atoms with E-state index < -0.39 is 5.54 Å². The molecule has 158 valence electrons. The minimum Gasteiger partial charge on any atom is -0.493 e. The Morgan fingerprint density at radius 3 is 2.57 bits per heavy atom. The van der Waals surface area contributed by atoms with E-state index in [0.717, 1.165) is 42.7 Å². The monoisotopic (exact) mass is 428 g/mol. The SMILES string of the molecule is COc1ccc(-c2nc(C(=O)NC3(c4noc(C)n4)CCCCC3)cs2)cc1OC. The van der Waals surface area contributed by atoms with Gasteiger partial charge in [0, 0.05) is 17.9 Å². The Morgan fingerprint density at radius 2 is 1.90 bits per heavy atom. The molecule has 1 fully saturated rings. The molecule has 0 bridgehead atoms. The molecule has 1 aliphatic rings. The standard InChI is InChI=1S/C21H24N4O4S/c1-13-22-20(25-29-13)21(9-5-4-6-10-21)24-18(26)15-12-30-19(23-15)14-7-8-16(27-2)17(11-14)28-3/h7-8,11-12H,4-6,9-10H2,1-3H3,(H,24,26). The highest BCUT2D eigenvalue weighted by molar-refractivity contribution is 7.13. The van der Waals surface area contributed by atoms with Crippen molar-refractivity contribution >= 4 is 17.2 Å². The quantitative estimate of drug-likeness (QED) is 0.631. The van der Waals surface area contributed by atoms with Gasteiger partial charge in [-0.3, -0.25) is 4.79 Å². The van der Waals surface area contributed by atoms with Crippen LogP contribution in [0.3, 0.4) is 0 Å². The molecule has 4 rings (SSSR count). The summed E-state index contributed by atoms with van der Waals surface area (Å²) in [6.45, 7) is 1.75. The van der Waals surface area contributed by atoms with Gasteiger partial charge >= 0.3 is 0 Å². The smallest absolute Gasteiger partial charge is 0.271 e. The number of thiazole rings is 1. The van der Waals surface area contributed by atoms with Crippen molar-refractivity contribution < 1.29 is 18.8 Å². The number of benzene rings is 1. The molecule has 0 radical (unpaired) electrons. The Balaban J connectivity index is 1.58. The Labute approximate surface area is 178 Å². The van der Waals surface area contributed by atoms with Crippen LogP contribution in [0.5, 0.6) is 11.5 Å². The summed E-state index contributed by atoms with van der Waals surface area (Å²) in [7, 11) is 3.18. The topological polar surface area (TPSA) is 99.4 Å². The summed E-state index contributed by atoms with van der Waals surface area (Å²) in [5.41, 5.74) is 0.619. The number of amides is 1. The van der Waals surface area contributed by atoms with Crippen LogP contribution in [0.2, 0.25) is 0 Å². The van der Waals surface area contributed by atoms with Crippen LogP contribution in [0, 0.1) is 6.92 Å². The van der Waals surface area contributed by atoms with E-state index in [1.807, 2.05) is 18.2 Å². The first-order chi connectivity index (χ1) is 14.5. The summed E-state index contributed by atoms with van der Waals surface area (Å²) in [4.78, 5) is 22.0. The van der Waals surface area contributed by atoms with E-state index in [2.05, 4.69) is 20.4 Å². The number of carbonyl (C=O) groups excluding carboxylic acids is 1. The number of hydrogen-bond acceptors (Lipinski definition) is 8. The van der Waals surface area contributed by atoms with Crippen LogP contribution in [0.4, 0.5) is 0 Å². The zero-order valence-corrected chi connectivity index (χ0v) is 18.0. The van der Waals surface area contributed by atoms with Crippen molar-refractivity contribution in [3.05, 3.63) is 41.0 Å². The number of carbonyl (C=O) groups is 1. The molecule has 1 aromatic carbocycles. The fourth-order valence-electron chi connectivity index (χ4n) is 3.81. The van der Waals surface area contributed by atoms with Gasteiger partial charge in [0.25, 0.3) is 5.91 Å². The normalized spacial score (nSPS) is 15.6. The Bertz CT molecular complexity index is 1040. The average Bonchev–Trinajstić information content (AvgIpc) is 3.44. The molecule has 3 aromatic rings. The van der Waals surface area contributed by atoms with E-state index in [4.69, 9.17) is 14.0 Å². The minimum absolute atomic E-state index is 0.234. The lowest BCUT2D eigenvalue weighted by Gasteiger charge is -2.35. The fourth-order valence-corrected chi connectivity index (χ4v) is 4.61. The third-order valence-electron chi connectivity index (χ3n) is 5.38. The van der Waals surface area contributed by atoms with E-state index in [1.165, 1.54) is 11.3 Å². The molecule has 1 N–H and O–H groups in total. The van der Waals surface area contributed by atoms with Crippen LogP contribution in [0.15, 0.2) is 28.1 Å². The highest BCUT2D eigenvalue weighted by Gasteiger charge is 2.40. The summed E-state index contributed by atoms with van der Waals surface area (Å²) in [6, 6.07) is 5.57. The number of methoxy groups -OCH3 is 2. The first-order valence-electron chi connectivity index (χ1n) is 9.86. The van der Waals surface area contributed by atoms with E-state index in [-0.39, 0.29) is 5.91 Å². The second-order valence-electron chi connectivity index (χ2n) is 7.34. The minimum atomic E-state index is -0.611. The van der Waals surface area contributed by atoms with Gasteiger partial charge in [0.05, 0.1) is 14.2 Å². The van der Waals surface area contributed by atoms with E-state index in [1.54, 1.807) is 26.5 Å². The van der Waals surface area contributed by atoms with Crippen LogP contribution in [0.25, 0.3) is 10.6 Å². The molecular weight excluding hydrogens is 404 g/mol. The summed E-state index contributed by atoms with van der Waals surface area (Å²) < 4.78 is 15.8. The lowest BCUT2D eigenvalue weighted by atomic mass is 9.81. The maximum Gasteiger partial charge on any atom is 0.271 e. The summed E-state index contributed by atoms with van der Waals surface area (Å²) in [5, 5.41) is 9.76. The van der Waals surface area contributed by atoms with Crippen molar-refractivity contribution in [3.8, 4) is 22.1 Å². The highest BCUT2D eigenvalue weighted by Crippen LogP contribution is 2.37. The van der Waals surface area contributed by atoms with Crippen molar-refractivity contribution in [1.29, 1.82) is 0 Å². The molecular formula is C21H24N4O4S. The van der Waals surface area contributed by atoms with Crippen molar-refractivity contribution in [3.63, 3.8) is 0 Å². The molecule has 0 saturated heterocycles. The molecule has 9 heteroatoms. The van der Waals surface area contributed by atoms with Crippen molar-refractivity contribution in [2.45, 2.75) is 44.6 Å². The molecule has 1 aliphatic carbocycles. The predicted octanol–water partition coefficient (Wildman–Crippen LogP) is 4.11. The zero-order chi connectivity index (χ0) is 21.1. The number of ether oxygens (including phenoxy) is 2. The Hall–Kier alpha value is -2.94. The summed E-state index contributed by atoms with van der Waals surface area (Å²) >= 11 is 1.41. The number of nitrogens with one attached hydrogen (secondary N) is 1. The van der Waals surface area contributed by atoms with Crippen molar-refractivity contribution in [2.75, 3.05) is 14.2 Å². The van der Waals surface area contributed by atoms with Gasteiger partial charge in [0.2, 0.25) is 5.89 Å². The van der Waals surface area contributed by atoms with Crippen LogP contribution >= 0.6 is 11.3 Å². The summed E-state index contributed by atoms with van der Waals surface area (Å²) in [6.07, 6.45) is 4.70. The number of rotatable bonds is 6. The van der Waals surface area contributed by atoms with E-state index in [0.29, 0.717) is 28.9 Å². The fraction of sp³-hybridized carbons (Fsp3) is 0.429. The maximum atomic E-state index is 13.1. The average molecular weight is 429 g/mol. The predicted molar refractivity (Wildman–Crippen MR) is 112 cm³/mol. The molecule has 2 aromatic heterocycles. The second kappa shape index (κ2) is 8.43. The molecule has 8 nitrogen and oxygen atoms in total. The van der Waals surface area contributed by atoms with Gasteiger partial charge in [-0.2, -0.15) is 4.98 Å². The third kappa shape index (κ3) is 3.89. The first-order valence-corrected chi connectivity index (χ1v) is 10.7. The number of aromatic nitrogens is 3. The number of hydrogen-bond donors (Lipinski definition) is 1. The Kier molecular flexibility index (Phi) is 5.72. The van der Waals surface area contributed by atoms with Crippen LogP contribution < -0.4 is 14.8 Å². The molecule has 1 saturated carbocycles. The first kappa shape index (κ1) is 20.3. The summed E-state index contributed by atoms with van der Waals surface area (Å²) in [5.74, 6) is 2.06. The van der Waals surface area contributed by atoms with E-state index >= 15 is 0 Å². The number of nitrogens with zero attached hydrogens (tertiary/aromatic N) is 3. The van der Waals surface area contributed by atoms with Gasteiger partial charge in [-0.1, -0.05) is 24.4 Å². The zero-order valence-electron chi connectivity index (χ0n) is 17.2. The van der Waals surface area contributed by atoms with Gasteiger partial charge in [-0.05, 0) is 31.0 Å². The molecule has 0 spiro atoms. The highest BCUT2D eigenvalue weighted by atomic mass is 32.1. The van der Waals surface area contributed by atoms with Crippen LogP contribution in [0.1, 0.15) is 54.3 Å². The molecule has 2 heterocycles. The van der Waals surface area contributed by atoms with E-state index in [9.17, 15) is 4.79 Å². The van der Waals surface area contributed by atoms with Crippen molar-refractivity contribution in [2.24, 2.45) is 0 Å². The Morgan fingerprint density at radius 1 is 1.13 bits per heavy atom. The lowest BCUT2D eigenvalue weighted by Crippen LogP contribution is -2.48. The molecule has 30 heavy (non-hydrogen) atoms. The lowest BCUT2D eigenvalue weighted by molar-refractivity contribution is 0.0851. The van der Waals surface area contributed by atoms with Gasteiger partial charge in [0.15, 0.2) is 17.3 Å². The van der Waals surface area contributed by atoms with Gasteiger partial charge in [-0.15, -0.1) is 11.3 Å². The molecule has 0 aliphatic heterocycles. The molecule has 0 unspecified atom stereocenters. The maximum absolute atomic E-state index is 13.1. The number of aryl methyl sites for hydroxylation is 1. The van der Waals surface area contributed by atoms with Crippen LogP contribution in [-0.2, 0) is 5.54 Å². The third-order valence-corrected chi connectivity index (χ3v) is 6.27. The van der Waals surface area contributed by atoms with Gasteiger partial charge in [0.1, 0.15) is 16.2 Å². The molecule has 1 amide bonds.